The molecule has 3 N–H and O–H groups in total. The number of amidine groups is 1. The molecule has 0 aliphatic heterocycles. The summed E-state index contributed by atoms with van der Waals surface area (Å²) in [6.45, 7) is 3.71. The van der Waals surface area contributed by atoms with Crippen LogP contribution < -0.4 is 5.73 Å². The molecule has 0 unspecified atom stereocenters. The van der Waals surface area contributed by atoms with Crippen LogP contribution in [0.15, 0.2) is 12.7 Å². The molecular formula is C12H25IN2S. The van der Waals surface area contributed by atoms with E-state index in [0.717, 1.165) is 12.2 Å². The smallest absolute Gasteiger partial charge is 0.151 e. The van der Waals surface area contributed by atoms with Crippen LogP contribution >= 0.6 is 35.7 Å². The molecule has 0 saturated heterocycles. The zero-order chi connectivity index (χ0) is 11.4. The molecule has 0 fully saturated rings. The molecule has 0 rings (SSSR count). The molecule has 2 nitrogen and oxygen atoms in total. The first kappa shape index (κ1) is 18.6. The maximum atomic E-state index is 7.04. The fraction of sp³-hybridized carbons (Fsp3) is 0.750. The first-order chi connectivity index (χ1) is 7.27. The zero-order valence-electron chi connectivity index (χ0n) is 10.0. The van der Waals surface area contributed by atoms with Gasteiger partial charge in [-0.2, -0.15) is 0 Å². The van der Waals surface area contributed by atoms with Crippen LogP contribution in [0.3, 0.4) is 0 Å². The first-order valence-corrected chi connectivity index (χ1v) is 6.83. The van der Waals surface area contributed by atoms with E-state index in [-0.39, 0.29) is 29.1 Å². The third kappa shape index (κ3) is 16.7. The maximum absolute atomic E-state index is 7.04. The zero-order valence-corrected chi connectivity index (χ0v) is 13.2. The van der Waals surface area contributed by atoms with Crippen molar-refractivity contribution in [3.63, 3.8) is 0 Å². The summed E-state index contributed by atoms with van der Waals surface area (Å²) in [5.74, 6) is 1.01. The van der Waals surface area contributed by atoms with Gasteiger partial charge in [0.2, 0.25) is 0 Å². The maximum Gasteiger partial charge on any atom is 0.151 e. The Kier molecular flexibility index (Phi) is 17.8. The van der Waals surface area contributed by atoms with Crippen LogP contribution in [-0.2, 0) is 0 Å². The van der Waals surface area contributed by atoms with Gasteiger partial charge in [0.05, 0.1) is 0 Å². The van der Waals surface area contributed by atoms with Crippen LogP contribution in [0.25, 0.3) is 0 Å². The minimum atomic E-state index is 0. The minimum Gasteiger partial charge on any atom is -0.379 e. The summed E-state index contributed by atoms with van der Waals surface area (Å²) in [6.07, 6.45) is 12.3. The highest BCUT2D eigenvalue weighted by molar-refractivity contribution is 14.0. The quantitative estimate of drug-likeness (QED) is 0.199. The van der Waals surface area contributed by atoms with Crippen LogP contribution in [0, 0.1) is 5.41 Å². The highest BCUT2D eigenvalue weighted by Gasteiger charge is 1.93. The van der Waals surface area contributed by atoms with Gasteiger partial charge in [-0.05, 0) is 19.3 Å². The van der Waals surface area contributed by atoms with Crippen molar-refractivity contribution in [3.05, 3.63) is 12.7 Å². The molecule has 0 bridgehead atoms. The SMILES string of the molecule is C=CCCCCCCCCCSC(=N)N.I. The molecule has 0 atom stereocenters. The van der Waals surface area contributed by atoms with Crippen LogP contribution in [0.2, 0.25) is 0 Å². The molecule has 0 spiro atoms. The third-order valence-electron chi connectivity index (χ3n) is 2.31. The molecule has 0 amide bonds. The molecule has 96 valence electrons. The van der Waals surface area contributed by atoms with Crippen molar-refractivity contribution in [2.45, 2.75) is 51.4 Å². The normalized spacial score (nSPS) is 9.50. The van der Waals surface area contributed by atoms with Gasteiger partial charge in [0.15, 0.2) is 5.17 Å². The number of hydrogen-bond acceptors (Lipinski definition) is 2. The van der Waals surface area contributed by atoms with Crippen LogP contribution in [0.1, 0.15) is 51.4 Å². The van der Waals surface area contributed by atoms with Crippen LogP contribution in [0.4, 0.5) is 0 Å². The van der Waals surface area contributed by atoms with Gasteiger partial charge in [0.25, 0.3) is 0 Å². The Morgan fingerprint density at radius 3 is 2.06 bits per heavy atom. The van der Waals surface area contributed by atoms with Crippen LogP contribution in [0.5, 0.6) is 0 Å². The van der Waals surface area contributed by atoms with Gasteiger partial charge in [0.1, 0.15) is 0 Å². The Morgan fingerprint density at radius 1 is 1.06 bits per heavy atom. The van der Waals surface area contributed by atoms with E-state index in [9.17, 15) is 0 Å². The number of nitrogens with two attached hydrogens (primary N) is 1. The monoisotopic (exact) mass is 356 g/mol. The fourth-order valence-corrected chi connectivity index (χ4v) is 2.03. The highest BCUT2D eigenvalue weighted by Crippen LogP contribution is 2.10. The van der Waals surface area contributed by atoms with E-state index in [0.29, 0.717) is 0 Å². The highest BCUT2D eigenvalue weighted by atomic mass is 127. The number of allylic oxidation sites excluding steroid dienone is 1. The molecule has 0 aliphatic rings. The first-order valence-electron chi connectivity index (χ1n) is 5.85. The molecule has 0 aromatic carbocycles. The lowest BCUT2D eigenvalue weighted by atomic mass is 10.1. The predicted octanol–water partition coefficient (Wildman–Crippen LogP) is 4.54. The van der Waals surface area contributed by atoms with Crippen molar-refractivity contribution in [2.75, 3.05) is 5.75 Å². The molecule has 0 radical (unpaired) electrons. The number of halogens is 1. The standard InChI is InChI=1S/C12H24N2S.HI/c1-2-3-4-5-6-7-8-9-10-11-15-12(13)14;/h2H,1,3-11H2,(H3,13,14);1H. The molecule has 0 aliphatic carbocycles. The van der Waals surface area contributed by atoms with Crippen LogP contribution in [-0.4, -0.2) is 10.9 Å². The average molecular weight is 356 g/mol. The number of thioether (sulfide) groups is 1. The third-order valence-corrected chi connectivity index (χ3v) is 3.11. The Morgan fingerprint density at radius 2 is 1.56 bits per heavy atom. The second kappa shape index (κ2) is 15.3. The van der Waals surface area contributed by atoms with Gasteiger partial charge < -0.3 is 5.73 Å². The summed E-state index contributed by atoms with van der Waals surface area (Å²) in [6, 6.07) is 0. The molecule has 4 heteroatoms. The number of hydrogen-bond donors (Lipinski definition) is 2. The lowest BCUT2D eigenvalue weighted by molar-refractivity contribution is 0.594. The van der Waals surface area contributed by atoms with Gasteiger partial charge in [-0.25, -0.2) is 0 Å². The number of rotatable bonds is 10. The summed E-state index contributed by atoms with van der Waals surface area (Å²) < 4.78 is 0. The molecule has 0 heterocycles. The van der Waals surface area contributed by atoms with E-state index < -0.39 is 0 Å². The summed E-state index contributed by atoms with van der Waals surface area (Å²) in [5, 5.41) is 7.29. The van der Waals surface area contributed by atoms with E-state index in [2.05, 4.69) is 6.58 Å². The summed E-state index contributed by atoms with van der Waals surface area (Å²) in [4.78, 5) is 0. The van der Waals surface area contributed by atoms with Gasteiger partial charge in [0, 0.05) is 5.75 Å². The van der Waals surface area contributed by atoms with E-state index >= 15 is 0 Å². The molecule has 0 aromatic rings. The average Bonchev–Trinajstić information content (AvgIpc) is 2.20. The summed E-state index contributed by atoms with van der Waals surface area (Å²) in [5.41, 5.74) is 5.24. The predicted molar refractivity (Wildman–Crippen MR) is 86.9 cm³/mol. The van der Waals surface area contributed by atoms with Crippen molar-refractivity contribution in [2.24, 2.45) is 5.73 Å². The van der Waals surface area contributed by atoms with Crippen molar-refractivity contribution in [1.82, 2.24) is 0 Å². The van der Waals surface area contributed by atoms with Crippen molar-refractivity contribution < 1.29 is 0 Å². The summed E-state index contributed by atoms with van der Waals surface area (Å²) in [7, 11) is 0. The fourth-order valence-electron chi connectivity index (χ4n) is 1.46. The number of nitrogens with one attached hydrogen (secondary N) is 1. The second-order valence-corrected chi connectivity index (χ2v) is 4.90. The van der Waals surface area contributed by atoms with Gasteiger partial charge in [-0.15, -0.1) is 30.6 Å². The molecule has 0 aromatic heterocycles. The topological polar surface area (TPSA) is 49.9 Å². The van der Waals surface area contributed by atoms with Crippen molar-refractivity contribution >= 4 is 40.9 Å². The Hall–Kier alpha value is 0.290. The largest absolute Gasteiger partial charge is 0.379 e. The van der Waals surface area contributed by atoms with E-state index in [1.807, 2.05) is 6.08 Å². The Balaban J connectivity index is 0. The Labute approximate surface area is 121 Å². The van der Waals surface area contributed by atoms with Crippen molar-refractivity contribution in [1.29, 1.82) is 5.41 Å². The van der Waals surface area contributed by atoms with E-state index in [4.69, 9.17) is 11.1 Å². The lowest BCUT2D eigenvalue weighted by Crippen LogP contribution is -2.04. The minimum absolute atomic E-state index is 0. The lowest BCUT2D eigenvalue weighted by Gasteiger charge is -2.01. The molecule has 16 heavy (non-hydrogen) atoms. The molecular weight excluding hydrogens is 331 g/mol. The van der Waals surface area contributed by atoms with Gasteiger partial charge >= 0.3 is 0 Å². The van der Waals surface area contributed by atoms with E-state index in [1.54, 1.807) is 0 Å². The van der Waals surface area contributed by atoms with Gasteiger partial charge in [-0.1, -0.05) is 49.9 Å². The second-order valence-electron chi connectivity index (χ2n) is 3.76. The Bertz CT molecular complexity index is 174. The number of unbranched alkanes of at least 4 members (excludes halogenated alkanes) is 7. The molecule has 0 saturated carbocycles. The van der Waals surface area contributed by atoms with Gasteiger partial charge in [-0.3, -0.25) is 5.41 Å². The van der Waals surface area contributed by atoms with E-state index in [1.165, 1.54) is 56.7 Å². The van der Waals surface area contributed by atoms with Crippen molar-refractivity contribution in [3.8, 4) is 0 Å². The summed E-state index contributed by atoms with van der Waals surface area (Å²) >= 11 is 1.46.